The molecule has 2 fully saturated rings. The van der Waals surface area contributed by atoms with Crippen molar-refractivity contribution in [2.24, 2.45) is 5.92 Å². The van der Waals surface area contributed by atoms with E-state index < -0.39 is 0 Å². The molecule has 1 saturated carbocycles. The second-order valence-electron chi connectivity index (χ2n) is 7.06. The lowest BCUT2D eigenvalue weighted by molar-refractivity contribution is -0.0101. The smallest absolute Gasteiger partial charge is 0.145 e. The Hall–Kier alpha value is -1.07. The highest BCUT2D eigenvalue weighted by Gasteiger charge is 2.34. The van der Waals surface area contributed by atoms with Crippen LogP contribution in [0.2, 0.25) is 10.0 Å². The second-order valence-corrected chi connectivity index (χ2v) is 7.88. The van der Waals surface area contributed by atoms with Gasteiger partial charge in [-0.3, -0.25) is 0 Å². The van der Waals surface area contributed by atoms with E-state index in [1.165, 1.54) is 0 Å². The van der Waals surface area contributed by atoms with E-state index in [9.17, 15) is 0 Å². The standard InChI is InChI=1S/C19H22Cl2N2O2/c1-11-9-22-8-7-16(11)24-10-13-18(23-25-19(13)12-5-6-12)17-14(20)3-2-4-15(17)21/h2-4,11-12,16,22H,5-10H2,1H3. The molecule has 25 heavy (non-hydrogen) atoms. The maximum absolute atomic E-state index is 6.40. The molecule has 4 rings (SSSR count). The minimum absolute atomic E-state index is 0.248. The van der Waals surface area contributed by atoms with Gasteiger partial charge < -0.3 is 14.6 Å². The number of piperidine rings is 1. The van der Waals surface area contributed by atoms with E-state index in [-0.39, 0.29) is 6.10 Å². The monoisotopic (exact) mass is 380 g/mol. The van der Waals surface area contributed by atoms with Crippen LogP contribution in [0.15, 0.2) is 22.7 Å². The first-order valence-electron chi connectivity index (χ1n) is 8.90. The van der Waals surface area contributed by atoms with E-state index in [1.54, 1.807) is 0 Å². The highest BCUT2D eigenvalue weighted by molar-refractivity contribution is 6.39. The molecule has 2 aliphatic rings. The van der Waals surface area contributed by atoms with Crippen LogP contribution in [0.4, 0.5) is 0 Å². The van der Waals surface area contributed by atoms with E-state index >= 15 is 0 Å². The summed E-state index contributed by atoms with van der Waals surface area (Å²) in [5.74, 6) is 1.88. The van der Waals surface area contributed by atoms with E-state index in [0.29, 0.717) is 28.5 Å². The zero-order valence-electron chi connectivity index (χ0n) is 14.2. The lowest BCUT2D eigenvalue weighted by atomic mass is 9.98. The van der Waals surface area contributed by atoms with Crippen LogP contribution in [0.5, 0.6) is 0 Å². The number of ether oxygens (including phenoxy) is 1. The van der Waals surface area contributed by atoms with Crippen molar-refractivity contribution < 1.29 is 9.26 Å². The Bertz CT molecular complexity index is 738. The third-order valence-corrected chi connectivity index (χ3v) is 5.74. The van der Waals surface area contributed by atoms with Crippen LogP contribution in [0.1, 0.15) is 43.4 Å². The normalized spacial score (nSPS) is 23.8. The third-order valence-electron chi connectivity index (χ3n) is 5.11. The van der Waals surface area contributed by atoms with E-state index in [4.69, 9.17) is 32.5 Å². The average molecular weight is 381 g/mol. The molecule has 0 radical (unpaired) electrons. The van der Waals surface area contributed by atoms with Crippen LogP contribution in [-0.2, 0) is 11.3 Å². The van der Waals surface area contributed by atoms with E-state index in [0.717, 1.165) is 54.9 Å². The Labute approximate surface area is 157 Å². The molecule has 0 spiro atoms. The molecule has 2 unspecified atom stereocenters. The van der Waals surface area contributed by atoms with Crippen LogP contribution in [0, 0.1) is 5.92 Å². The Morgan fingerprint density at radius 1 is 1.24 bits per heavy atom. The fourth-order valence-electron chi connectivity index (χ4n) is 3.48. The van der Waals surface area contributed by atoms with Crippen molar-refractivity contribution in [2.45, 2.75) is 44.8 Å². The van der Waals surface area contributed by atoms with Gasteiger partial charge in [0.25, 0.3) is 0 Å². The summed E-state index contributed by atoms with van der Waals surface area (Å²) >= 11 is 12.8. The van der Waals surface area contributed by atoms with Crippen molar-refractivity contribution in [1.82, 2.24) is 10.5 Å². The number of aromatic nitrogens is 1. The van der Waals surface area contributed by atoms with Crippen molar-refractivity contribution in [3.63, 3.8) is 0 Å². The van der Waals surface area contributed by atoms with Gasteiger partial charge in [-0.1, -0.05) is 41.3 Å². The fourth-order valence-corrected chi connectivity index (χ4v) is 4.05. The Morgan fingerprint density at radius 2 is 2.00 bits per heavy atom. The number of nitrogens with one attached hydrogen (secondary N) is 1. The molecule has 134 valence electrons. The summed E-state index contributed by atoms with van der Waals surface area (Å²) in [4.78, 5) is 0. The van der Waals surface area contributed by atoms with Gasteiger partial charge in [0.2, 0.25) is 0 Å². The molecular weight excluding hydrogens is 359 g/mol. The highest BCUT2D eigenvalue weighted by atomic mass is 35.5. The maximum Gasteiger partial charge on any atom is 0.145 e. The van der Waals surface area contributed by atoms with Gasteiger partial charge in [-0.2, -0.15) is 0 Å². The zero-order valence-corrected chi connectivity index (χ0v) is 15.7. The molecule has 2 atom stereocenters. The summed E-state index contributed by atoms with van der Waals surface area (Å²) in [5, 5.41) is 8.89. The number of hydrogen-bond acceptors (Lipinski definition) is 4. The van der Waals surface area contributed by atoms with Gasteiger partial charge in [0, 0.05) is 23.6 Å². The van der Waals surface area contributed by atoms with Crippen LogP contribution in [0.25, 0.3) is 11.3 Å². The van der Waals surface area contributed by atoms with Gasteiger partial charge in [0.15, 0.2) is 0 Å². The number of nitrogens with zero attached hydrogens (tertiary/aromatic N) is 1. The Balaban J connectivity index is 1.64. The molecule has 1 N–H and O–H groups in total. The minimum atomic E-state index is 0.248. The van der Waals surface area contributed by atoms with Gasteiger partial charge in [-0.25, -0.2) is 0 Å². The van der Waals surface area contributed by atoms with Gasteiger partial charge in [0.1, 0.15) is 11.5 Å². The molecule has 2 heterocycles. The Morgan fingerprint density at radius 3 is 2.68 bits per heavy atom. The van der Waals surface area contributed by atoms with Crippen molar-refractivity contribution >= 4 is 23.2 Å². The predicted octanol–water partition coefficient (Wildman–Crippen LogP) is 5.04. The number of hydrogen-bond donors (Lipinski definition) is 1. The maximum atomic E-state index is 6.40. The second kappa shape index (κ2) is 7.28. The molecule has 0 amide bonds. The number of rotatable bonds is 5. The summed E-state index contributed by atoms with van der Waals surface area (Å²) in [6, 6.07) is 5.49. The Kier molecular flexibility index (Phi) is 5.05. The molecule has 6 heteroatoms. The summed E-state index contributed by atoms with van der Waals surface area (Å²) in [7, 11) is 0. The molecule has 0 bridgehead atoms. The predicted molar refractivity (Wildman–Crippen MR) is 99.2 cm³/mol. The van der Waals surface area contributed by atoms with E-state index in [1.807, 2.05) is 18.2 Å². The van der Waals surface area contributed by atoms with Gasteiger partial charge in [-0.05, 0) is 43.9 Å². The molecule has 1 aromatic heterocycles. The summed E-state index contributed by atoms with van der Waals surface area (Å²) < 4.78 is 12.0. The molecule has 1 saturated heterocycles. The van der Waals surface area contributed by atoms with Crippen LogP contribution < -0.4 is 5.32 Å². The van der Waals surface area contributed by atoms with Crippen molar-refractivity contribution in [3.05, 3.63) is 39.6 Å². The lowest BCUT2D eigenvalue weighted by Gasteiger charge is -2.29. The van der Waals surface area contributed by atoms with Crippen LogP contribution in [0.3, 0.4) is 0 Å². The molecule has 4 nitrogen and oxygen atoms in total. The van der Waals surface area contributed by atoms with Crippen molar-refractivity contribution in [3.8, 4) is 11.3 Å². The fraction of sp³-hybridized carbons (Fsp3) is 0.526. The molecule has 1 aliphatic carbocycles. The topological polar surface area (TPSA) is 47.3 Å². The highest BCUT2D eigenvalue weighted by Crippen LogP contribution is 2.46. The van der Waals surface area contributed by atoms with Crippen LogP contribution in [-0.4, -0.2) is 24.4 Å². The first-order chi connectivity index (χ1) is 12.1. The quantitative estimate of drug-likeness (QED) is 0.788. The first-order valence-corrected chi connectivity index (χ1v) is 9.66. The molecular formula is C19H22Cl2N2O2. The largest absolute Gasteiger partial charge is 0.373 e. The van der Waals surface area contributed by atoms with Crippen molar-refractivity contribution in [1.29, 1.82) is 0 Å². The van der Waals surface area contributed by atoms with E-state index in [2.05, 4.69) is 17.4 Å². The zero-order chi connectivity index (χ0) is 17.4. The number of halogens is 2. The van der Waals surface area contributed by atoms with Crippen molar-refractivity contribution in [2.75, 3.05) is 13.1 Å². The average Bonchev–Trinajstić information content (AvgIpc) is 3.36. The van der Waals surface area contributed by atoms with Gasteiger partial charge in [-0.15, -0.1) is 0 Å². The molecule has 1 aromatic carbocycles. The molecule has 1 aliphatic heterocycles. The first kappa shape index (κ1) is 17.3. The minimum Gasteiger partial charge on any atom is -0.373 e. The van der Waals surface area contributed by atoms with Crippen LogP contribution >= 0.6 is 23.2 Å². The molecule has 2 aromatic rings. The summed E-state index contributed by atoms with van der Waals surface area (Å²) in [5.41, 5.74) is 2.46. The SMILES string of the molecule is CC1CNCCC1OCc1c(-c2c(Cl)cccc2Cl)noc1C1CC1. The van der Waals surface area contributed by atoms with Gasteiger partial charge in [0.05, 0.1) is 22.8 Å². The third kappa shape index (κ3) is 3.59. The lowest BCUT2D eigenvalue weighted by Crippen LogP contribution is -2.39. The summed E-state index contributed by atoms with van der Waals surface area (Å²) in [6.45, 7) is 4.70. The summed E-state index contributed by atoms with van der Waals surface area (Å²) in [6.07, 6.45) is 3.55. The number of benzene rings is 1. The van der Waals surface area contributed by atoms with Gasteiger partial charge >= 0.3 is 0 Å².